The number of rotatable bonds is 4. The molecule has 2 atom stereocenters. The van der Waals surface area contributed by atoms with Crippen LogP contribution in [0.2, 0.25) is 0 Å². The third-order valence-electron chi connectivity index (χ3n) is 6.33. The summed E-state index contributed by atoms with van der Waals surface area (Å²) in [6.45, 7) is 6.48. The molecule has 2 aliphatic rings. The summed E-state index contributed by atoms with van der Waals surface area (Å²) < 4.78 is 1.65. The summed E-state index contributed by atoms with van der Waals surface area (Å²) in [6, 6.07) is 8.27. The zero-order valence-corrected chi connectivity index (χ0v) is 18.0. The van der Waals surface area contributed by atoms with E-state index >= 15 is 0 Å². The number of fused-ring (bicyclic) bond motifs is 1. The molecule has 2 aliphatic heterocycles. The molecule has 1 amide bonds. The van der Waals surface area contributed by atoms with Gasteiger partial charge in [0.25, 0.3) is 5.56 Å². The molecule has 7 heteroatoms. The van der Waals surface area contributed by atoms with E-state index in [0.29, 0.717) is 12.5 Å². The first kappa shape index (κ1) is 20.5. The highest BCUT2D eigenvalue weighted by Crippen LogP contribution is 2.42. The SMILES string of the molecule is CC(=O)N1CCCC(CN2c3cc(CN)ccc3NC2c2cc(C)c(=O)n(C)c2)C1. The van der Waals surface area contributed by atoms with Crippen LogP contribution in [0, 0.1) is 12.8 Å². The van der Waals surface area contributed by atoms with Gasteiger partial charge in [-0.25, -0.2) is 0 Å². The highest BCUT2D eigenvalue weighted by Gasteiger charge is 2.33. The van der Waals surface area contributed by atoms with Gasteiger partial charge in [0, 0.05) is 57.5 Å². The molecular weight excluding hydrogens is 378 g/mol. The van der Waals surface area contributed by atoms with Crippen LogP contribution in [0.3, 0.4) is 0 Å². The smallest absolute Gasteiger partial charge is 0.253 e. The van der Waals surface area contributed by atoms with Crippen molar-refractivity contribution in [2.45, 2.75) is 39.4 Å². The summed E-state index contributed by atoms with van der Waals surface area (Å²) in [6.07, 6.45) is 3.99. The first-order valence-corrected chi connectivity index (χ1v) is 10.7. The predicted octanol–water partition coefficient (Wildman–Crippen LogP) is 2.34. The van der Waals surface area contributed by atoms with E-state index in [1.807, 2.05) is 24.1 Å². The Morgan fingerprint density at radius 2 is 2.10 bits per heavy atom. The monoisotopic (exact) mass is 409 g/mol. The third-order valence-corrected chi connectivity index (χ3v) is 6.33. The zero-order valence-electron chi connectivity index (χ0n) is 18.0. The number of likely N-dealkylation sites (tertiary alicyclic amines) is 1. The number of benzene rings is 1. The molecule has 7 nitrogen and oxygen atoms in total. The number of anilines is 2. The minimum atomic E-state index is -0.0637. The van der Waals surface area contributed by atoms with Crippen molar-refractivity contribution in [1.82, 2.24) is 9.47 Å². The lowest BCUT2D eigenvalue weighted by molar-refractivity contribution is -0.130. The van der Waals surface area contributed by atoms with Crippen LogP contribution in [0.25, 0.3) is 0 Å². The molecule has 1 saturated heterocycles. The number of aryl methyl sites for hydroxylation is 2. The quantitative estimate of drug-likeness (QED) is 0.810. The lowest BCUT2D eigenvalue weighted by Gasteiger charge is -2.37. The van der Waals surface area contributed by atoms with Crippen LogP contribution in [-0.4, -0.2) is 35.0 Å². The molecule has 4 rings (SSSR count). The Morgan fingerprint density at radius 1 is 1.30 bits per heavy atom. The molecule has 2 aromatic rings. The summed E-state index contributed by atoms with van der Waals surface area (Å²) in [5, 5.41) is 3.64. The molecule has 0 bridgehead atoms. The fourth-order valence-corrected chi connectivity index (χ4v) is 4.73. The van der Waals surface area contributed by atoms with E-state index < -0.39 is 0 Å². The number of carbonyl (C=O) groups excluding carboxylic acids is 1. The van der Waals surface area contributed by atoms with Crippen LogP contribution in [0.5, 0.6) is 0 Å². The summed E-state index contributed by atoms with van der Waals surface area (Å²) in [5.41, 5.74) is 11.0. The highest BCUT2D eigenvalue weighted by atomic mass is 16.2. The Balaban J connectivity index is 1.69. The standard InChI is InChI=1S/C23H31N5O2/c1-15-9-19(14-26(3)23(15)30)22-25-20-7-6-17(11-24)10-21(20)28(22)13-18-5-4-8-27(12-18)16(2)29/h6-7,9-10,14,18,22,25H,4-5,8,11-13,24H2,1-3H3. The minimum Gasteiger partial charge on any atom is -0.360 e. The second-order valence-electron chi connectivity index (χ2n) is 8.60. The fourth-order valence-electron chi connectivity index (χ4n) is 4.73. The number of hydrogen-bond donors (Lipinski definition) is 2. The highest BCUT2D eigenvalue weighted by molar-refractivity contribution is 5.77. The van der Waals surface area contributed by atoms with Crippen molar-refractivity contribution in [1.29, 1.82) is 0 Å². The van der Waals surface area contributed by atoms with Crippen molar-refractivity contribution in [2.24, 2.45) is 18.7 Å². The van der Waals surface area contributed by atoms with E-state index in [0.717, 1.165) is 60.5 Å². The first-order chi connectivity index (χ1) is 14.4. The molecule has 1 aromatic carbocycles. The van der Waals surface area contributed by atoms with Crippen LogP contribution in [-0.2, 0) is 18.4 Å². The normalized spacial score (nSPS) is 20.8. The summed E-state index contributed by atoms with van der Waals surface area (Å²) >= 11 is 0. The predicted molar refractivity (Wildman–Crippen MR) is 119 cm³/mol. The molecule has 3 heterocycles. The molecule has 160 valence electrons. The zero-order chi connectivity index (χ0) is 21.4. The number of nitrogens with zero attached hydrogens (tertiary/aromatic N) is 3. The van der Waals surface area contributed by atoms with Crippen LogP contribution in [0.1, 0.15) is 42.6 Å². The molecular formula is C23H31N5O2. The molecule has 0 radical (unpaired) electrons. The molecule has 0 spiro atoms. The fraction of sp³-hybridized carbons (Fsp3) is 0.478. The van der Waals surface area contributed by atoms with Crippen LogP contribution >= 0.6 is 0 Å². The van der Waals surface area contributed by atoms with Gasteiger partial charge in [0.05, 0.1) is 11.4 Å². The average molecular weight is 410 g/mol. The van der Waals surface area contributed by atoms with Gasteiger partial charge in [-0.2, -0.15) is 0 Å². The number of nitrogens with one attached hydrogen (secondary N) is 1. The molecule has 1 fully saturated rings. The van der Waals surface area contributed by atoms with Gasteiger partial charge in [-0.1, -0.05) is 6.07 Å². The van der Waals surface area contributed by atoms with Crippen molar-refractivity contribution in [3.05, 3.63) is 57.5 Å². The number of pyridine rings is 1. The van der Waals surface area contributed by atoms with Gasteiger partial charge >= 0.3 is 0 Å². The van der Waals surface area contributed by atoms with E-state index in [9.17, 15) is 9.59 Å². The number of amides is 1. The Morgan fingerprint density at radius 3 is 2.80 bits per heavy atom. The average Bonchev–Trinajstić information content (AvgIpc) is 3.09. The molecule has 2 unspecified atom stereocenters. The van der Waals surface area contributed by atoms with E-state index in [1.54, 1.807) is 18.5 Å². The number of nitrogens with two attached hydrogens (primary N) is 1. The van der Waals surface area contributed by atoms with E-state index in [-0.39, 0.29) is 17.6 Å². The van der Waals surface area contributed by atoms with E-state index in [2.05, 4.69) is 28.4 Å². The van der Waals surface area contributed by atoms with Gasteiger partial charge in [-0.3, -0.25) is 9.59 Å². The second-order valence-corrected chi connectivity index (χ2v) is 8.60. The van der Waals surface area contributed by atoms with Gasteiger partial charge in [0.2, 0.25) is 5.91 Å². The molecule has 3 N–H and O–H groups in total. The largest absolute Gasteiger partial charge is 0.360 e. The second kappa shape index (κ2) is 8.14. The number of hydrogen-bond acceptors (Lipinski definition) is 5. The molecule has 0 saturated carbocycles. The lowest BCUT2D eigenvalue weighted by atomic mass is 9.96. The maximum atomic E-state index is 12.2. The minimum absolute atomic E-state index is 0.0237. The molecule has 30 heavy (non-hydrogen) atoms. The Kier molecular flexibility index (Phi) is 5.56. The van der Waals surface area contributed by atoms with Crippen LogP contribution in [0.4, 0.5) is 11.4 Å². The molecule has 1 aromatic heterocycles. The number of carbonyl (C=O) groups is 1. The summed E-state index contributed by atoms with van der Waals surface area (Å²) in [7, 11) is 1.80. The van der Waals surface area contributed by atoms with E-state index in [4.69, 9.17) is 5.73 Å². The summed E-state index contributed by atoms with van der Waals surface area (Å²) in [4.78, 5) is 28.5. The lowest BCUT2D eigenvalue weighted by Crippen LogP contribution is -2.43. The van der Waals surface area contributed by atoms with Gasteiger partial charge in [0.15, 0.2) is 0 Å². The van der Waals surface area contributed by atoms with Crippen molar-refractivity contribution in [2.75, 3.05) is 29.9 Å². The van der Waals surface area contributed by atoms with Gasteiger partial charge in [-0.15, -0.1) is 0 Å². The van der Waals surface area contributed by atoms with Crippen molar-refractivity contribution in [3.63, 3.8) is 0 Å². The van der Waals surface area contributed by atoms with Crippen molar-refractivity contribution >= 4 is 17.3 Å². The maximum absolute atomic E-state index is 12.2. The van der Waals surface area contributed by atoms with Crippen LogP contribution < -0.4 is 21.5 Å². The first-order valence-electron chi connectivity index (χ1n) is 10.7. The topological polar surface area (TPSA) is 83.6 Å². The Labute approximate surface area is 177 Å². The molecule has 0 aliphatic carbocycles. The maximum Gasteiger partial charge on any atom is 0.253 e. The van der Waals surface area contributed by atoms with Crippen LogP contribution in [0.15, 0.2) is 35.3 Å². The Bertz CT molecular complexity index is 989. The van der Waals surface area contributed by atoms with Gasteiger partial charge in [-0.05, 0) is 49.4 Å². The third kappa shape index (κ3) is 3.81. The summed E-state index contributed by atoms with van der Waals surface area (Å²) in [5.74, 6) is 0.545. The number of piperidine rings is 1. The van der Waals surface area contributed by atoms with Gasteiger partial charge in [0.1, 0.15) is 6.17 Å². The van der Waals surface area contributed by atoms with E-state index in [1.165, 1.54) is 0 Å². The van der Waals surface area contributed by atoms with Gasteiger partial charge < -0.3 is 25.4 Å². The van der Waals surface area contributed by atoms with Crippen molar-refractivity contribution in [3.8, 4) is 0 Å². The number of aromatic nitrogens is 1. The Hall–Kier alpha value is -2.80. The van der Waals surface area contributed by atoms with Crippen molar-refractivity contribution < 1.29 is 4.79 Å².